The van der Waals surface area contributed by atoms with Crippen LogP contribution in [0.5, 0.6) is 0 Å². The van der Waals surface area contributed by atoms with E-state index in [1.165, 1.54) is 6.08 Å². The second-order valence-corrected chi connectivity index (χ2v) is 3.26. The highest BCUT2D eigenvalue weighted by Gasteiger charge is 2.09. The minimum Gasteiger partial charge on any atom is -0.321 e. The Kier molecular flexibility index (Phi) is 3.00. The van der Waals surface area contributed by atoms with E-state index >= 15 is 0 Å². The Morgan fingerprint density at radius 2 is 2.25 bits per heavy atom. The SMILES string of the molecule is C=CC(N)c1cccc(Br)c1F. The number of hydrogen-bond donors (Lipinski definition) is 1. The maximum Gasteiger partial charge on any atom is 0.142 e. The van der Waals surface area contributed by atoms with E-state index in [1.807, 2.05) is 0 Å². The standard InChI is InChI=1S/C9H9BrFN/c1-2-8(12)6-4-3-5-7(10)9(6)11/h2-5,8H,1,12H2. The van der Waals surface area contributed by atoms with Crippen LogP contribution in [-0.2, 0) is 0 Å². The largest absolute Gasteiger partial charge is 0.321 e. The van der Waals surface area contributed by atoms with Crippen molar-refractivity contribution in [3.8, 4) is 0 Å². The summed E-state index contributed by atoms with van der Waals surface area (Å²) < 4.78 is 13.7. The van der Waals surface area contributed by atoms with Crippen LogP contribution in [0.3, 0.4) is 0 Å². The first-order valence-electron chi connectivity index (χ1n) is 3.49. The molecular weight excluding hydrogens is 221 g/mol. The highest BCUT2D eigenvalue weighted by Crippen LogP contribution is 2.22. The fraction of sp³-hybridized carbons (Fsp3) is 0.111. The van der Waals surface area contributed by atoms with E-state index in [0.717, 1.165) is 0 Å². The Bertz CT molecular complexity index is 299. The van der Waals surface area contributed by atoms with Crippen molar-refractivity contribution in [2.45, 2.75) is 6.04 Å². The van der Waals surface area contributed by atoms with Gasteiger partial charge in [0.25, 0.3) is 0 Å². The number of hydrogen-bond acceptors (Lipinski definition) is 1. The normalized spacial score (nSPS) is 12.6. The lowest BCUT2D eigenvalue weighted by atomic mass is 10.1. The van der Waals surface area contributed by atoms with Crippen LogP contribution in [-0.4, -0.2) is 0 Å². The topological polar surface area (TPSA) is 26.0 Å². The molecule has 0 heterocycles. The van der Waals surface area contributed by atoms with Crippen LogP contribution < -0.4 is 5.73 Å². The summed E-state index contributed by atoms with van der Waals surface area (Å²) >= 11 is 3.08. The van der Waals surface area contributed by atoms with Crippen molar-refractivity contribution < 1.29 is 4.39 Å². The zero-order valence-corrected chi connectivity index (χ0v) is 8.01. The molecule has 0 aliphatic heterocycles. The molecule has 0 amide bonds. The average Bonchev–Trinajstić information content (AvgIpc) is 2.08. The molecule has 1 unspecified atom stereocenters. The molecule has 12 heavy (non-hydrogen) atoms. The summed E-state index contributed by atoms with van der Waals surface area (Å²) in [5.41, 5.74) is 6.04. The molecule has 0 bridgehead atoms. The Morgan fingerprint density at radius 3 is 2.83 bits per heavy atom. The first-order valence-corrected chi connectivity index (χ1v) is 4.28. The van der Waals surface area contributed by atoms with E-state index in [4.69, 9.17) is 5.73 Å². The van der Waals surface area contributed by atoms with Gasteiger partial charge >= 0.3 is 0 Å². The summed E-state index contributed by atoms with van der Waals surface area (Å²) in [6, 6.07) is 4.58. The lowest BCUT2D eigenvalue weighted by molar-refractivity contribution is 0.596. The molecule has 0 fully saturated rings. The molecule has 0 aliphatic rings. The van der Waals surface area contributed by atoms with Gasteiger partial charge in [-0.25, -0.2) is 4.39 Å². The van der Waals surface area contributed by atoms with E-state index in [-0.39, 0.29) is 5.82 Å². The van der Waals surface area contributed by atoms with E-state index < -0.39 is 6.04 Å². The molecule has 1 rings (SSSR count). The van der Waals surface area contributed by atoms with Crippen molar-refractivity contribution in [1.82, 2.24) is 0 Å². The Hall–Kier alpha value is -0.670. The quantitative estimate of drug-likeness (QED) is 0.776. The number of benzene rings is 1. The molecule has 0 aromatic heterocycles. The molecule has 64 valence electrons. The molecule has 0 radical (unpaired) electrons. The third-order valence-electron chi connectivity index (χ3n) is 1.59. The fourth-order valence-electron chi connectivity index (χ4n) is 0.905. The van der Waals surface area contributed by atoms with Crippen molar-refractivity contribution in [2.24, 2.45) is 5.73 Å². The van der Waals surface area contributed by atoms with Gasteiger partial charge in [0.1, 0.15) is 5.82 Å². The molecule has 1 aromatic carbocycles. The van der Waals surface area contributed by atoms with Gasteiger partial charge in [0.15, 0.2) is 0 Å². The fourth-order valence-corrected chi connectivity index (χ4v) is 1.29. The van der Waals surface area contributed by atoms with Crippen molar-refractivity contribution in [3.05, 3.63) is 46.7 Å². The lowest BCUT2D eigenvalue weighted by Gasteiger charge is -2.08. The molecular formula is C9H9BrFN. The van der Waals surface area contributed by atoms with Gasteiger partial charge in [-0.15, -0.1) is 6.58 Å². The van der Waals surface area contributed by atoms with E-state index in [1.54, 1.807) is 18.2 Å². The Labute approximate surface area is 79.2 Å². The first-order chi connectivity index (χ1) is 5.66. The average molecular weight is 230 g/mol. The highest BCUT2D eigenvalue weighted by molar-refractivity contribution is 9.10. The zero-order valence-electron chi connectivity index (χ0n) is 6.43. The maximum absolute atomic E-state index is 13.3. The van der Waals surface area contributed by atoms with Crippen LogP contribution in [0.25, 0.3) is 0 Å². The number of rotatable bonds is 2. The van der Waals surface area contributed by atoms with Gasteiger partial charge in [0, 0.05) is 5.56 Å². The van der Waals surface area contributed by atoms with Crippen molar-refractivity contribution in [1.29, 1.82) is 0 Å². The third kappa shape index (κ3) is 1.73. The van der Waals surface area contributed by atoms with Crippen LogP contribution in [0.4, 0.5) is 4.39 Å². The maximum atomic E-state index is 13.3. The summed E-state index contributed by atoms with van der Waals surface area (Å²) in [7, 11) is 0. The third-order valence-corrected chi connectivity index (χ3v) is 2.21. The molecule has 1 nitrogen and oxygen atoms in total. The van der Waals surface area contributed by atoms with E-state index in [9.17, 15) is 4.39 Å². The number of nitrogens with two attached hydrogens (primary N) is 1. The van der Waals surface area contributed by atoms with Gasteiger partial charge in [0.2, 0.25) is 0 Å². The Morgan fingerprint density at radius 1 is 1.58 bits per heavy atom. The van der Waals surface area contributed by atoms with Crippen LogP contribution in [0.15, 0.2) is 35.3 Å². The lowest BCUT2D eigenvalue weighted by Crippen LogP contribution is -2.08. The molecule has 0 saturated carbocycles. The molecule has 0 saturated heterocycles. The summed E-state index contributed by atoms with van der Waals surface area (Å²) in [6.45, 7) is 3.50. The van der Waals surface area contributed by atoms with Gasteiger partial charge in [-0.2, -0.15) is 0 Å². The van der Waals surface area contributed by atoms with Crippen molar-refractivity contribution in [2.75, 3.05) is 0 Å². The predicted octanol–water partition coefficient (Wildman–Crippen LogP) is 2.77. The minimum absolute atomic E-state index is 0.315. The number of halogens is 2. The van der Waals surface area contributed by atoms with Gasteiger partial charge in [-0.05, 0) is 22.0 Å². The first kappa shape index (κ1) is 9.42. The minimum atomic E-state index is -0.442. The molecule has 2 N–H and O–H groups in total. The second kappa shape index (κ2) is 3.83. The van der Waals surface area contributed by atoms with Crippen molar-refractivity contribution in [3.63, 3.8) is 0 Å². The summed E-state index contributed by atoms with van der Waals surface area (Å²) in [5, 5.41) is 0. The smallest absolute Gasteiger partial charge is 0.142 e. The van der Waals surface area contributed by atoms with Crippen LogP contribution in [0.1, 0.15) is 11.6 Å². The van der Waals surface area contributed by atoms with E-state index in [2.05, 4.69) is 22.5 Å². The van der Waals surface area contributed by atoms with Crippen LogP contribution in [0, 0.1) is 5.82 Å². The molecule has 3 heteroatoms. The van der Waals surface area contributed by atoms with Gasteiger partial charge in [-0.1, -0.05) is 18.2 Å². The van der Waals surface area contributed by atoms with Crippen LogP contribution >= 0.6 is 15.9 Å². The summed E-state index contributed by atoms with van der Waals surface area (Å²) in [6.07, 6.45) is 1.50. The monoisotopic (exact) mass is 229 g/mol. The summed E-state index contributed by atoms with van der Waals surface area (Å²) in [4.78, 5) is 0. The second-order valence-electron chi connectivity index (χ2n) is 2.40. The van der Waals surface area contributed by atoms with Gasteiger partial charge < -0.3 is 5.73 Å². The van der Waals surface area contributed by atoms with Crippen molar-refractivity contribution >= 4 is 15.9 Å². The van der Waals surface area contributed by atoms with Gasteiger partial charge in [-0.3, -0.25) is 0 Å². The molecule has 0 aliphatic carbocycles. The molecule has 0 spiro atoms. The predicted molar refractivity (Wildman–Crippen MR) is 51.2 cm³/mol. The van der Waals surface area contributed by atoms with Gasteiger partial charge in [0.05, 0.1) is 10.5 Å². The Balaban J connectivity index is 3.15. The van der Waals surface area contributed by atoms with Crippen LogP contribution in [0.2, 0.25) is 0 Å². The van der Waals surface area contributed by atoms with E-state index in [0.29, 0.717) is 10.0 Å². The molecule has 1 aromatic rings. The molecule has 1 atom stereocenters. The summed E-state index contributed by atoms with van der Waals surface area (Å²) in [5.74, 6) is -0.315. The zero-order chi connectivity index (χ0) is 9.14. The highest BCUT2D eigenvalue weighted by atomic mass is 79.9.